The number of aliphatic carboxylic acids is 1. The minimum atomic E-state index is -1.22. The zero-order chi connectivity index (χ0) is 12.6. The van der Waals surface area contributed by atoms with Crippen LogP contribution >= 0.6 is 0 Å². The maximum Gasteiger partial charge on any atom is 0.516 e. The molecule has 0 aromatic rings. The van der Waals surface area contributed by atoms with Crippen molar-refractivity contribution in [1.29, 1.82) is 0 Å². The molecule has 0 rings (SSSR count). The van der Waals surface area contributed by atoms with Crippen LogP contribution in [0.4, 0.5) is 4.79 Å². The summed E-state index contributed by atoms with van der Waals surface area (Å²) < 4.78 is 8.55. The zero-order valence-corrected chi connectivity index (χ0v) is 8.55. The first-order valence-electron chi connectivity index (χ1n) is 4.44. The number of carboxylic acid groups (broad SMARTS) is 1. The molecule has 0 saturated carbocycles. The molecule has 90 valence electrons. The predicted octanol–water partition coefficient (Wildman–Crippen LogP) is 0.0443. The summed E-state index contributed by atoms with van der Waals surface area (Å²) in [5.41, 5.74) is 5.14. The van der Waals surface area contributed by atoms with Gasteiger partial charge >= 0.3 is 18.1 Å². The molecule has 0 saturated heterocycles. The smallest absolute Gasteiger partial charge is 0.480 e. The third-order valence-corrected chi connectivity index (χ3v) is 1.49. The molecule has 3 N–H and O–H groups in total. The van der Waals surface area contributed by atoms with Crippen molar-refractivity contribution in [3.63, 3.8) is 0 Å². The van der Waals surface area contributed by atoms with Gasteiger partial charge in [-0.3, -0.25) is 9.59 Å². The lowest BCUT2D eigenvalue weighted by atomic mass is 10.2. The normalized spacial score (nSPS) is 11.3. The van der Waals surface area contributed by atoms with Gasteiger partial charge in [-0.15, -0.1) is 0 Å². The fraction of sp³-hybridized carbons (Fsp3) is 0.444. The number of carbonyl (C=O) groups is 3. The van der Waals surface area contributed by atoms with Crippen LogP contribution in [0.3, 0.4) is 0 Å². The van der Waals surface area contributed by atoms with Crippen molar-refractivity contribution in [2.24, 2.45) is 5.73 Å². The van der Waals surface area contributed by atoms with E-state index in [0.29, 0.717) is 0 Å². The van der Waals surface area contributed by atoms with Gasteiger partial charge in [0.05, 0.1) is 0 Å². The number of rotatable bonds is 6. The lowest BCUT2D eigenvalue weighted by molar-refractivity contribution is -0.141. The van der Waals surface area contributed by atoms with E-state index in [2.05, 4.69) is 16.1 Å². The molecule has 0 amide bonds. The van der Waals surface area contributed by atoms with Crippen molar-refractivity contribution in [2.45, 2.75) is 18.9 Å². The summed E-state index contributed by atoms with van der Waals surface area (Å²) in [7, 11) is 0. The topological polar surface area (TPSA) is 116 Å². The Kier molecular flexibility index (Phi) is 6.53. The second kappa shape index (κ2) is 7.41. The molecule has 0 bridgehead atoms. The standard InChI is InChI=1S/C9H13NO6/c1-2-5-15-9(14)16-7(11)4-3-6(10)8(12)13/h2,6H,1,3-5,10H2,(H,12,13)/t6-/m0/s1. The van der Waals surface area contributed by atoms with E-state index in [1.807, 2.05) is 0 Å². The van der Waals surface area contributed by atoms with Gasteiger partial charge < -0.3 is 20.3 Å². The van der Waals surface area contributed by atoms with Gasteiger partial charge in [-0.1, -0.05) is 12.7 Å². The van der Waals surface area contributed by atoms with Gasteiger partial charge in [-0.25, -0.2) is 4.79 Å². The molecule has 7 nitrogen and oxygen atoms in total. The average Bonchev–Trinajstić information content (AvgIpc) is 2.22. The third kappa shape index (κ3) is 6.55. The van der Waals surface area contributed by atoms with Gasteiger partial charge in [-0.05, 0) is 6.42 Å². The highest BCUT2D eigenvalue weighted by atomic mass is 16.7. The maximum absolute atomic E-state index is 10.9. The van der Waals surface area contributed by atoms with Crippen molar-refractivity contribution in [2.75, 3.05) is 6.61 Å². The van der Waals surface area contributed by atoms with Crippen LogP contribution in [0.2, 0.25) is 0 Å². The van der Waals surface area contributed by atoms with Crippen molar-refractivity contribution >= 4 is 18.1 Å². The van der Waals surface area contributed by atoms with E-state index < -0.39 is 24.1 Å². The second-order valence-corrected chi connectivity index (χ2v) is 2.81. The Morgan fingerprint density at radius 2 is 2.06 bits per heavy atom. The van der Waals surface area contributed by atoms with Crippen molar-refractivity contribution < 1.29 is 29.0 Å². The molecule has 0 radical (unpaired) electrons. The average molecular weight is 231 g/mol. The monoisotopic (exact) mass is 231 g/mol. The maximum atomic E-state index is 10.9. The fourth-order valence-corrected chi connectivity index (χ4v) is 0.697. The number of esters is 1. The molecular formula is C9H13NO6. The van der Waals surface area contributed by atoms with Crippen LogP contribution in [-0.4, -0.2) is 35.8 Å². The van der Waals surface area contributed by atoms with Crippen LogP contribution in [0.5, 0.6) is 0 Å². The molecule has 0 spiro atoms. The summed E-state index contributed by atoms with van der Waals surface area (Å²) in [6, 6.07) is -1.16. The van der Waals surface area contributed by atoms with E-state index in [4.69, 9.17) is 10.8 Å². The van der Waals surface area contributed by atoms with Gasteiger partial charge in [0.1, 0.15) is 12.6 Å². The molecule has 0 fully saturated rings. The molecule has 0 aliphatic carbocycles. The Balaban J connectivity index is 3.78. The highest BCUT2D eigenvalue weighted by Gasteiger charge is 2.16. The first-order chi connectivity index (χ1) is 7.47. The van der Waals surface area contributed by atoms with Crippen LogP contribution < -0.4 is 5.73 Å². The van der Waals surface area contributed by atoms with Crippen LogP contribution in [0.1, 0.15) is 12.8 Å². The summed E-state index contributed by atoms with van der Waals surface area (Å²) in [5.74, 6) is -2.10. The molecule has 0 unspecified atom stereocenters. The van der Waals surface area contributed by atoms with Crippen molar-refractivity contribution in [1.82, 2.24) is 0 Å². The number of hydrogen-bond donors (Lipinski definition) is 2. The first-order valence-corrected chi connectivity index (χ1v) is 4.44. The van der Waals surface area contributed by atoms with Gasteiger partial charge in [0.25, 0.3) is 0 Å². The van der Waals surface area contributed by atoms with Crippen molar-refractivity contribution in [3.8, 4) is 0 Å². The molecular weight excluding hydrogens is 218 g/mol. The SMILES string of the molecule is C=CCOC(=O)OC(=O)CC[C@H](N)C(=O)O. The van der Waals surface area contributed by atoms with E-state index in [9.17, 15) is 14.4 Å². The predicted molar refractivity (Wildman–Crippen MR) is 52.5 cm³/mol. The van der Waals surface area contributed by atoms with E-state index >= 15 is 0 Å². The Labute approximate surface area is 91.8 Å². The lowest BCUT2D eigenvalue weighted by Gasteiger charge is -2.05. The van der Waals surface area contributed by atoms with Crippen LogP contribution in [0.25, 0.3) is 0 Å². The summed E-state index contributed by atoms with van der Waals surface area (Å²) in [6.07, 6.45) is -0.208. The number of carbonyl (C=O) groups excluding carboxylic acids is 2. The quantitative estimate of drug-likeness (QED) is 0.376. The van der Waals surface area contributed by atoms with Gasteiger partial charge in [0, 0.05) is 6.42 Å². The Morgan fingerprint density at radius 3 is 2.56 bits per heavy atom. The van der Waals surface area contributed by atoms with Crippen molar-refractivity contribution in [3.05, 3.63) is 12.7 Å². The van der Waals surface area contributed by atoms with Crippen LogP contribution in [0.15, 0.2) is 12.7 Å². The molecule has 1 atom stereocenters. The minimum Gasteiger partial charge on any atom is -0.480 e. The number of carboxylic acids is 1. The lowest BCUT2D eigenvalue weighted by Crippen LogP contribution is -2.31. The zero-order valence-electron chi connectivity index (χ0n) is 8.55. The fourth-order valence-electron chi connectivity index (χ4n) is 0.697. The largest absolute Gasteiger partial charge is 0.516 e. The highest BCUT2D eigenvalue weighted by Crippen LogP contribution is 1.98. The Bertz CT molecular complexity index is 288. The molecule has 0 aromatic heterocycles. The molecule has 16 heavy (non-hydrogen) atoms. The first kappa shape index (κ1) is 14.1. The Morgan fingerprint density at radius 1 is 1.44 bits per heavy atom. The van der Waals surface area contributed by atoms with Gasteiger partial charge in [0.2, 0.25) is 0 Å². The third-order valence-electron chi connectivity index (χ3n) is 1.49. The van der Waals surface area contributed by atoms with E-state index in [0.717, 1.165) is 0 Å². The summed E-state index contributed by atoms with van der Waals surface area (Å²) >= 11 is 0. The molecule has 7 heteroatoms. The number of ether oxygens (including phenoxy) is 2. The molecule has 0 heterocycles. The summed E-state index contributed by atoms with van der Waals surface area (Å²) in [5, 5.41) is 8.41. The summed E-state index contributed by atoms with van der Waals surface area (Å²) in [6.45, 7) is 3.22. The summed E-state index contributed by atoms with van der Waals surface area (Å²) in [4.78, 5) is 32.0. The second-order valence-electron chi connectivity index (χ2n) is 2.81. The van der Waals surface area contributed by atoms with E-state index in [-0.39, 0.29) is 19.4 Å². The Hall–Kier alpha value is -1.89. The van der Waals surface area contributed by atoms with E-state index in [1.165, 1.54) is 6.08 Å². The molecule has 0 aliphatic rings. The molecule has 0 aromatic carbocycles. The van der Waals surface area contributed by atoms with Gasteiger partial charge in [-0.2, -0.15) is 0 Å². The van der Waals surface area contributed by atoms with Crippen LogP contribution in [0, 0.1) is 0 Å². The minimum absolute atomic E-state index is 0.0687. The van der Waals surface area contributed by atoms with E-state index in [1.54, 1.807) is 0 Å². The van der Waals surface area contributed by atoms with Gasteiger partial charge in [0.15, 0.2) is 0 Å². The van der Waals surface area contributed by atoms with Crippen LogP contribution in [-0.2, 0) is 19.1 Å². The molecule has 0 aliphatic heterocycles. The number of nitrogens with two attached hydrogens (primary N) is 1. The highest BCUT2D eigenvalue weighted by molar-refractivity contribution is 5.82. The number of hydrogen-bond acceptors (Lipinski definition) is 6.